The molecule has 8 nitrogen and oxygen atoms in total. The van der Waals surface area contributed by atoms with Crippen molar-refractivity contribution in [3.05, 3.63) is 52.3 Å². The van der Waals surface area contributed by atoms with E-state index in [0.717, 1.165) is 22.3 Å². The molecule has 0 aliphatic carbocycles. The highest BCUT2D eigenvalue weighted by molar-refractivity contribution is 7.90. The second kappa shape index (κ2) is 8.47. The summed E-state index contributed by atoms with van der Waals surface area (Å²) >= 11 is 0. The number of rotatable bonds is 4. The van der Waals surface area contributed by atoms with E-state index in [2.05, 4.69) is 5.10 Å². The molecule has 0 radical (unpaired) electrons. The number of alkyl halides is 3. The zero-order valence-electron chi connectivity index (χ0n) is 18.5. The van der Waals surface area contributed by atoms with E-state index in [4.69, 9.17) is 15.2 Å². The fourth-order valence-corrected chi connectivity index (χ4v) is 6.43. The zero-order chi connectivity index (χ0) is 25.3. The maximum Gasteiger partial charge on any atom is 0.416 e. The molecule has 3 aliphatic rings. The van der Waals surface area contributed by atoms with Crippen LogP contribution in [0.25, 0.3) is 0 Å². The molecule has 1 aromatic heterocycles. The average Bonchev–Trinajstić information content (AvgIpc) is 3.27. The van der Waals surface area contributed by atoms with Crippen LogP contribution in [0.4, 0.5) is 22.0 Å². The van der Waals surface area contributed by atoms with E-state index in [0.29, 0.717) is 17.0 Å². The fourth-order valence-electron chi connectivity index (χ4n) is 4.91. The lowest BCUT2D eigenvalue weighted by atomic mass is 9.89. The molecule has 2 aromatic rings. The number of aromatic nitrogens is 2. The molecule has 5 rings (SSSR count). The maximum atomic E-state index is 14.3. The predicted molar refractivity (Wildman–Crippen MR) is 112 cm³/mol. The Bertz CT molecular complexity index is 1250. The van der Waals surface area contributed by atoms with Gasteiger partial charge in [0.15, 0.2) is 6.10 Å². The van der Waals surface area contributed by atoms with E-state index in [1.807, 2.05) is 0 Å². The van der Waals surface area contributed by atoms with Crippen LogP contribution < -0.4 is 5.73 Å². The van der Waals surface area contributed by atoms with Crippen LogP contribution >= 0.6 is 0 Å². The SMILES string of the molecule is Cc1c2c(nn1S(=O)(=O)C1COC1)CN([C@@H]1C[C@H](N)[C@@H](c3cc(F)ccc3F)O[C@H]1C(F)(F)F)C2. The predicted octanol–water partition coefficient (Wildman–Crippen LogP) is 2.15. The van der Waals surface area contributed by atoms with Crippen molar-refractivity contribution in [1.29, 1.82) is 0 Å². The third-order valence-electron chi connectivity index (χ3n) is 6.87. The fraction of sp³-hybridized carbons (Fsp3) is 0.571. The minimum Gasteiger partial charge on any atom is -0.378 e. The second-order valence-corrected chi connectivity index (χ2v) is 11.2. The number of hydrogen-bond donors (Lipinski definition) is 1. The molecule has 2 saturated heterocycles. The molecule has 0 amide bonds. The van der Waals surface area contributed by atoms with Gasteiger partial charge in [-0.3, -0.25) is 4.90 Å². The highest BCUT2D eigenvalue weighted by atomic mass is 32.2. The summed E-state index contributed by atoms with van der Waals surface area (Å²) in [5.41, 5.74) is 6.97. The molecular formula is C21H23F5N4O4S. The van der Waals surface area contributed by atoms with Gasteiger partial charge in [-0.15, -0.1) is 0 Å². The van der Waals surface area contributed by atoms with Gasteiger partial charge in [0.25, 0.3) is 10.0 Å². The molecule has 4 heterocycles. The normalized spacial score (nSPS) is 28.2. The van der Waals surface area contributed by atoms with Gasteiger partial charge in [0.1, 0.15) is 23.0 Å². The number of ether oxygens (including phenoxy) is 2. The summed E-state index contributed by atoms with van der Waals surface area (Å²) in [4.78, 5) is 1.49. The Morgan fingerprint density at radius 3 is 2.49 bits per heavy atom. The second-order valence-electron chi connectivity index (χ2n) is 9.11. The average molecular weight is 522 g/mol. The molecule has 0 spiro atoms. The molecule has 2 fully saturated rings. The van der Waals surface area contributed by atoms with Gasteiger partial charge in [-0.25, -0.2) is 17.2 Å². The van der Waals surface area contributed by atoms with Gasteiger partial charge in [0.05, 0.1) is 24.6 Å². The van der Waals surface area contributed by atoms with E-state index >= 15 is 0 Å². The van der Waals surface area contributed by atoms with Gasteiger partial charge in [0, 0.05) is 36.3 Å². The molecule has 14 heteroatoms. The van der Waals surface area contributed by atoms with Crippen LogP contribution in [0.5, 0.6) is 0 Å². The van der Waals surface area contributed by atoms with Crippen LogP contribution in [-0.2, 0) is 32.6 Å². The van der Waals surface area contributed by atoms with Gasteiger partial charge in [0.2, 0.25) is 0 Å². The van der Waals surface area contributed by atoms with Gasteiger partial charge < -0.3 is 15.2 Å². The summed E-state index contributed by atoms with van der Waals surface area (Å²) in [5, 5.41) is 3.48. The van der Waals surface area contributed by atoms with Gasteiger partial charge in [-0.2, -0.15) is 22.4 Å². The standard InChI is InChI=1S/C21H23F5N4O4S/c1-10-14-6-29(7-17(14)28-30(10)35(31,32)12-8-33-9-12)18-5-16(27)19(34-20(18)21(24,25)26)13-4-11(22)2-3-15(13)23/h2-4,12,16,18-20H,5-9,27H2,1H3/t16-,18+,19+,20+/m0/s1. The number of nitrogens with zero attached hydrogens (tertiary/aromatic N) is 3. The van der Waals surface area contributed by atoms with E-state index in [9.17, 15) is 30.4 Å². The van der Waals surface area contributed by atoms with Crippen LogP contribution in [-0.4, -0.2) is 65.3 Å². The number of nitrogens with two attached hydrogens (primary N) is 1. The summed E-state index contributed by atoms with van der Waals surface area (Å²) in [5.74, 6) is -1.72. The van der Waals surface area contributed by atoms with E-state index in [1.165, 1.54) is 4.90 Å². The molecule has 0 saturated carbocycles. The Balaban J connectivity index is 1.40. The Kier molecular flexibility index (Phi) is 5.95. The molecule has 0 bridgehead atoms. The van der Waals surface area contributed by atoms with Gasteiger partial charge in [-0.05, 0) is 31.5 Å². The lowest BCUT2D eigenvalue weighted by Gasteiger charge is -2.44. The molecule has 192 valence electrons. The maximum absolute atomic E-state index is 14.3. The monoisotopic (exact) mass is 522 g/mol. The first-order valence-corrected chi connectivity index (χ1v) is 12.4. The first-order chi connectivity index (χ1) is 16.4. The van der Waals surface area contributed by atoms with Crippen LogP contribution in [0.3, 0.4) is 0 Å². The number of fused-ring (bicyclic) bond motifs is 1. The Morgan fingerprint density at radius 1 is 1.17 bits per heavy atom. The third kappa shape index (κ3) is 4.14. The van der Waals surface area contributed by atoms with Crippen molar-refractivity contribution in [2.24, 2.45) is 5.73 Å². The van der Waals surface area contributed by atoms with Crippen molar-refractivity contribution >= 4 is 10.0 Å². The van der Waals surface area contributed by atoms with Crippen LogP contribution in [0, 0.1) is 18.6 Å². The lowest BCUT2D eigenvalue weighted by molar-refractivity contribution is -0.269. The first kappa shape index (κ1) is 24.6. The van der Waals surface area contributed by atoms with E-state index < -0.39 is 57.4 Å². The zero-order valence-corrected chi connectivity index (χ0v) is 19.3. The van der Waals surface area contributed by atoms with Crippen LogP contribution in [0.15, 0.2) is 18.2 Å². The highest BCUT2D eigenvalue weighted by Gasteiger charge is 2.54. The molecule has 1 aromatic carbocycles. The first-order valence-electron chi connectivity index (χ1n) is 10.9. The van der Waals surface area contributed by atoms with E-state index in [1.54, 1.807) is 6.92 Å². The van der Waals surface area contributed by atoms with Crippen molar-refractivity contribution in [2.45, 2.75) is 62.2 Å². The summed E-state index contributed by atoms with van der Waals surface area (Å²) in [6.07, 6.45) is -8.82. The molecule has 4 atom stereocenters. The summed E-state index contributed by atoms with van der Waals surface area (Å²) in [6, 6.07) is 0.205. The van der Waals surface area contributed by atoms with Crippen molar-refractivity contribution in [1.82, 2.24) is 14.1 Å². The Morgan fingerprint density at radius 2 is 1.89 bits per heavy atom. The smallest absolute Gasteiger partial charge is 0.378 e. The molecule has 35 heavy (non-hydrogen) atoms. The highest BCUT2D eigenvalue weighted by Crippen LogP contribution is 2.43. The van der Waals surface area contributed by atoms with Crippen molar-refractivity contribution in [2.75, 3.05) is 13.2 Å². The van der Waals surface area contributed by atoms with Gasteiger partial charge in [-0.1, -0.05) is 0 Å². The summed E-state index contributed by atoms with van der Waals surface area (Å²) in [6.45, 7) is 1.67. The largest absolute Gasteiger partial charge is 0.416 e. The minimum absolute atomic E-state index is 0.0180. The van der Waals surface area contributed by atoms with Gasteiger partial charge >= 0.3 is 6.18 Å². The molecule has 2 N–H and O–H groups in total. The van der Waals surface area contributed by atoms with Crippen LogP contribution in [0.1, 0.15) is 35.0 Å². The topological polar surface area (TPSA) is 99.7 Å². The number of halogens is 5. The molecular weight excluding hydrogens is 499 g/mol. The van der Waals surface area contributed by atoms with Crippen molar-refractivity contribution < 1.29 is 39.8 Å². The van der Waals surface area contributed by atoms with E-state index in [-0.39, 0.29) is 38.3 Å². The number of hydrogen-bond acceptors (Lipinski definition) is 7. The van der Waals surface area contributed by atoms with Crippen molar-refractivity contribution in [3.8, 4) is 0 Å². The summed E-state index contributed by atoms with van der Waals surface area (Å²) < 4.78 is 107. The molecule has 0 unspecified atom stereocenters. The Labute approximate surface area is 197 Å². The lowest BCUT2D eigenvalue weighted by Crippen LogP contribution is -2.58. The van der Waals surface area contributed by atoms with Crippen molar-refractivity contribution in [3.63, 3.8) is 0 Å². The summed E-state index contributed by atoms with van der Waals surface area (Å²) in [7, 11) is -3.77. The minimum atomic E-state index is -4.81. The van der Waals surface area contributed by atoms with Crippen LogP contribution in [0.2, 0.25) is 0 Å². The quantitative estimate of drug-likeness (QED) is 0.615. The number of benzene rings is 1. The Hall–Kier alpha value is -2.13. The molecule has 3 aliphatic heterocycles. The third-order valence-corrected chi connectivity index (χ3v) is 8.82.